The lowest BCUT2D eigenvalue weighted by Crippen LogP contribution is -2.44. The molecular weight excluding hydrogens is 427 g/mol. The van der Waals surface area contributed by atoms with E-state index in [0.717, 1.165) is 11.1 Å². The SMILES string of the molecule is COc1ccc(CCNC(=O)CC[C@]2(Cc3ccc(F)c(OC)c3)CCC(=O)N2)c(OC)c1. The summed E-state index contributed by atoms with van der Waals surface area (Å²) in [6, 6.07) is 10.3. The van der Waals surface area contributed by atoms with Gasteiger partial charge >= 0.3 is 0 Å². The quantitative estimate of drug-likeness (QED) is 0.540. The molecule has 178 valence electrons. The molecule has 0 unspecified atom stereocenters. The van der Waals surface area contributed by atoms with Gasteiger partial charge in [0.05, 0.1) is 21.3 Å². The van der Waals surface area contributed by atoms with Gasteiger partial charge in [-0.1, -0.05) is 12.1 Å². The maximum atomic E-state index is 13.8. The van der Waals surface area contributed by atoms with Crippen LogP contribution in [-0.4, -0.2) is 45.2 Å². The molecule has 33 heavy (non-hydrogen) atoms. The zero-order chi connectivity index (χ0) is 23.8. The van der Waals surface area contributed by atoms with Crippen LogP contribution in [0.25, 0.3) is 0 Å². The second kappa shape index (κ2) is 11.0. The van der Waals surface area contributed by atoms with E-state index in [0.29, 0.717) is 50.1 Å². The van der Waals surface area contributed by atoms with Gasteiger partial charge in [-0.2, -0.15) is 0 Å². The van der Waals surface area contributed by atoms with Gasteiger partial charge < -0.3 is 24.8 Å². The number of nitrogens with one attached hydrogen (secondary N) is 2. The van der Waals surface area contributed by atoms with Crippen LogP contribution in [0, 0.1) is 5.82 Å². The molecular formula is C25H31FN2O5. The highest BCUT2D eigenvalue weighted by Crippen LogP contribution is 2.31. The van der Waals surface area contributed by atoms with Crippen LogP contribution in [0.3, 0.4) is 0 Å². The third-order valence-electron chi connectivity index (χ3n) is 6.03. The highest BCUT2D eigenvalue weighted by Gasteiger charge is 2.38. The normalized spacial score (nSPS) is 17.4. The van der Waals surface area contributed by atoms with E-state index in [1.807, 2.05) is 18.2 Å². The molecule has 1 aliphatic heterocycles. The van der Waals surface area contributed by atoms with Crippen molar-refractivity contribution in [1.82, 2.24) is 10.6 Å². The van der Waals surface area contributed by atoms with Gasteiger partial charge in [-0.25, -0.2) is 4.39 Å². The minimum atomic E-state index is -0.531. The van der Waals surface area contributed by atoms with Crippen molar-refractivity contribution in [3.8, 4) is 17.2 Å². The summed E-state index contributed by atoms with van der Waals surface area (Å²) >= 11 is 0. The molecule has 1 saturated heterocycles. The molecule has 2 amide bonds. The zero-order valence-corrected chi connectivity index (χ0v) is 19.3. The summed E-state index contributed by atoms with van der Waals surface area (Å²) in [5.74, 6) is 1.04. The van der Waals surface area contributed by atoms with Crippen molar-refractivity contribution >= 4 is 11.8 Å². The molecule has 3 rings (SSSR count). The number of carbonyl (C=O) groups excluding carboxylic acids is 2. The fraction of sp³-hybridized carbons (Fsp3) is 0.440. The number of hydrogen-bond donors (Lipinski definition) is 2. The zero-order valence-electron chi connectivity index (χ0n) is 19.3. The number of halogens is 1. The third-order valence-corrected chi connectivity index (χ3v) is 6.03. The van der Waals surface area contributed by atoms with E-state index in [2.05, 4.69) is 10.6 Å². The van der Waals surface area contributed by atoms with Crippen molar-refractivity contribution in [2.45, 2.75) is 44.1 Å². The number of rotatable bonds is 11. The number of hydrogen-bond acceptors (Lipinski definition) is 5. The van der Waals surface area contributed by atoms with Gasteiger partial charge in [-0.15, -0.1) is 0 Å². The van der Waals surface area contributed by atoms with Crippen molar-refractivity contribution in [3.05, 3.63) is 53.3 Å². The van der Waals surface area contributed by atoms with Gasteiger partial charge in [0.1, 0.15) is 11.5 Å². The van der Waals surface area contributed by atoms with Gasteiger partial charge in [0.15, 0.2) is 11.6 Å². The van der Waals surface area contributed by atoms with Crippen molar-refractivity contribution < 1.29 is 28.2 Å². The van der Waals surface area contributed by atoms with Crippen LogP contribution in [0.4, 0.5) is 4.39 Å². The first-order valence-electron chi connectivity index (χ1n) is 11.0. The van der Waals surface area contributed by atoms with Gasteiger partial charge in [0.25, 0.3) is 0 Å². The minimum Gasteiger partial charge on any atom is -0.497 e. The average molecular weight is 459 g/mol. The van der Waals surface area contributed by atoms with Crippen molar-refractivity contribution in [1.29, 1.82) is 0 Å². The Labute approximate surface area is 193 Å². The van der Waals surface area contributed by atoms with Crippen molar-refractivity contribution in [2.75, 3.05) is 27.9 Å². The molecule has 2 aromatic rings. The average Bonchev–Trinajstić information content (AvgIpc) is 3.19. The lowest BCUT2D eigenvalue weighted by molar-refractivity contribution is -0.122. The van der Waals surface area contributed by atoms with Crippen LogP contribution in [0.2, 0.25) is 0 Å². The molecule has 1 heterocycles. The Hall–Kier alpha value is -3.29. The Bertz CT molecular complexity index is 997. The number of carbonyl (C=O) groups is 2. The fourth-order valence-electron chi connectivity index (χ4n) is 4.22. The molecule has 2 N–H and O–H groups in total. The van der Waals surface area contributed by atoms with Crippen LogP contribution >= 0.6 is 0 Å². The maximum absolute atomic E-state index is 13.8. The van der Waals surface area contributed by atoms with E-state index >= 15 is 0 Å². The Morgan fingerprint density at radius 3 is 2.55 bits per heavy atom. The highest BCUT2D eigenvalue weighted by atomic mass is 19.1. The molecule has 1 aliphatic rings. The van der Waals surface area contributed by atoms with E-state index in [1.165, 1.54) is 13.2 Å². The molecule has 1 fully saturated rings. The third kappa shape index (κ3) is 6.37. The summed E-state index contributed by atoms with van der Waals surface area (Å²) in [5, 5.41) is 5.99. The fourth-order valence-corrected chi connectivity index (χ4v) is 4.22. The van der Waals surface area contributed by atoms with Gasteiger partial charge in [-0.05, 0) is 55.0 Å². The topological polar surface area (TPSA) is 85.9 Å². The molecule has 0 saturated carbocycles. The van der Waals surface area contributed by atoms with Gasteiger partial charge in [0, 0.05) is 31.0 Å². The van der Waals surface area contributed by atoms with Gasteiger partial charge in [0.2, 0.25) is 11.8 Å². The molecule has 2 aromatic carbocycles. The molecule has 0 radical (unpaired) electrons. The Kier molecular flexibility index (Phi) is 8.14. The van der Waals surface area contributed by atoms with Crippen LogP contribution in [0.15, 0.2) is 36.4 Å². The second-order valence-electron chi connectivity index (χ2n) is 8.25. The summed E-state index contributed by atoms with van der Waals surface area (Å²) in [5.41, 5.74) is 1.29. The predicted octanol–water partition coefficient (Wildman–Crippen LogP) is 3.18. The molecule has 0 spiro atoms. The van der Waals surface area contributed by atoms with Crippen LogP contribution in [0.1, 0.15) is 36.8 Å². The van der Waals surface area contributed by atoms with Crippen LogP contribution in [0.5, 0.6) is 17.2 Å². The number of benzene rings is 2. The lowest BCUT2D eigenvalue weighted by atomic mass is 9.85. The summed E-state index contributed by atoms with van der Waals surface area (Å²) in [4.78, 5) is 24.5. The predicted molar refractivity (Wildman–Crippen MR) is 122 cm³/mol. The van der Waals surface area contributed by atoms with E-state index in [-0.39, 0.29) is 24.0 Å². The van der Waals surface area contributed by atoms with E-state index in [4.69, 9.17) is 14.2 Å². The van der Waals surface area contributed by atoms with E-state index < -0.39 is 11.4 Å². The molecule has 0 aromatic heterocycles. The highest BCUT2D eigenvalue weighted by molar-refractivity contribution is 5.80. The Morgan fingerprint density at radius 2 is 1.88 bits per heavy atom. The Balaban J connectivity index is 1.56. The van der Waals surface area contributed by atoms with Gasteiger partial charge in [-0.3, -0.25) is 9.59 Å². The van der Waals surface area contributed by atoms with Crippen molar-refractivity contribution in [2.24, 2.45) is 0 Å². The standard InChI is InChI=1S/C25H31FN2O5/c1-31-19-6-5-18(21(15-19)32-2)10-13-27-23(29)8-11-25(12-9-24(30)28-25)16-17-4-7-20(26)22(14-17)33-3/h4-7,14-15H,8-13,16H2,1-3H3,(H,27,29)(H,28,30)/t25-/m1/s1. The first-order valence-corrected chi connectivity index (χ1v) is 11.0. The molecule has 8 heteroatoms. The lowest BCUT2D eigenvalue weighted by Gasteiger charge is -2.29. The summed E-state index contributed by atoms with van der Waals surface area (Å²) < 4.78 is 29.4. The summed E-state index contributed by atoms with van der Waals surface area (Å²) in [6.45, 7) is 0.468. The number of ether oxygens (including phenoxy) is 3. The molecule has 1 atom stereocenters. The van der Waals surface area contributed by atoms with Crippen LogP contribution in [-0.2, 0) is 22.4 Å². The summed E-state index contributed by atoms with van der Waals surface area (Å²) in [7, 11) is 4.62. The summed E-state index contributed by atoms with van der Waals surface area (Å²) in [6.07, 6.45) is 2.94. The molecule has 7 nitrogen and oxygen atoms in total. The smallest absolute Gasteiger partial charge is 0.220 e. The van der Waals surface area contributed by atoms with Crippen molar-refractivity contribution in [3.63, 3.8) is 0 Å². The van der Waals surface area contributed by atoms with Crippen LogP contribution < -0.4 is 24.8 Å². The Morgan fingerprint density at radius 1 is 1.09 bits per heavy atom. The number of amides is 2. The molecule has 0 aliphatic carbocycles. The largest absolute Gasteiger partial charge is 0.497 e. The first-order chi connectivity index (χ1) is 15.9. The number of methoxy groups -OCH3 is 3. The minimum absolute atomic E-state index is 0.0314. The van der Waals surface area contributed by atoms with E-state index in [1.54, 1.807) is 26.4 Å². The first kappa shape index (κ1) is 24.4. The maximum Gasteiger partial charge on any atom is 0.220 e. The second-order valence-corrected chi connectivity index (χ2v) is 8.25. The van der Waals surface area contributed by atoms with E-state index in [9.17, 15) is 14.0 Å². The molecule has 0 bridgehead atoms. The monoisotopic (exact) mass is 458 g/mol.